The topological polar surface area (TPSA) is 85.3 Å². The Labute approximate surface area is 79.6 Å². The zero-order valence-electron chi connectivity index (χ0n) is 7.81. The Morgan fingerprint density at radius 3 is 2.93 bits per heavy atom. The Morgan fingerprint density at radius 1 is 1.71 bits per heavy atom. The van der Waals surface area contributed by atoms with Crippen LogP contribution < -0.4 is 10.00 Å². The Hall–Kier alpha value is -1.92. The van der Waals surface area contributed by atoms with Gasteiger partial charge in [0.05, 0.1) is 6.61 Å². The van der Waals surface area contributed by atoms with Gasteiger partial charge in [0.25, 0.3) is 6.20 Å². The summed E-state index contributed by atoms with van der Waals surface area (Å²) in [6.07, 6.45) is 1.41. The summed E-state index contributed by atoms with van der Waals surface area (Å²) >= 11 is 0. The molecule has 1 rings (SSSR count). The Bertz CT molecular complexity index is 346. The highest BCUT2D eigenvalue weighted by atomic mass is 16.5. The number of aryl methyl sites for hydroxylation is 1. The minimum Gasteiger partial charge on any atom is -0.459 e. The Kier molecular flexibility index (Phi) is 3.16. The van der Waals surface area contributed by atoms with E-state index in [1.165, 1.54) is 10.9 Å². The largest absolute Gasteiger partial charge is 0.459 e. The van der Waals surface area contributed by atoms with Crippen LogP contribution in [-0.2, 0) is 21.4 Å². The molecule has 1 N–H and O–H groups in total. The molecule has 0 saturated heterocycles. The predicted molar refractivity (Wildman–Crippen MR) is 42.9 cm³/mol. The van der Waals surface area contributed by atoms with Crippen LogP contribution in [0, 0.1) is 0 Å². The van der Waals surface area contributed by atoms with Crippen LogP contribution in [0.4, 0.5) is 5.88 Å². The number of aromatic nitrogens is 2. The number of ether oxygens (including phenoxy) is 1. The molecule has 1 heterocycles. The molecule has 1 aromatic heterocycles. The quantitative estimate of drug-likeness (QED) is 0.376. The van der Waals surface area contributed by atoms with E-state index in [4.69, 9.17) is 0 Å². The molecule has 0 aliphatic heterocycles. The van der Waals surface area contributed by atoms with Crippen LogP contribution in [0.25, 0.3) is 0 Å². The van der Waals surface area contributed by atoms with Gasteiger partial charge >= 0.3 is 17.8 Å². The maximum Gasteiger partial charge on any atom is 0.397 e. The van der Waals surface area contributed by atoms with Crippen LogP contribution in [0.15, 0.2) is 10.7 Å². The molecule has 0 unspecified atom stereocenters. The van der Waals surface area contributed by atoms with E-state index in [1.807, 2.05) is 0 Å². The van der Waals surface area contributed by atoms with Crippen molar-refractivity contribution in [3.8, 4) is 0 Å². The normalized spacial score (nSPS) is 9.57. The molecule has 1 aromatic rings. The first kappa shape index (κ1) is 10.2. The lowest BCUT2D eigenvalue weighted by atomic mass is 10.6. The number of nitrogens with zero attached hydrogens (tertiary/aromatic N) is 2. The molecule has 0 bridgehead atoms. The number of anilines is 1. The van der Waals surface area contributed by atoms with Gasteiger partial charge in [-0.25, -0.2) is 4.79 Å². The van der Waals surface area contributed by atoms with E-state index in [0.29, 0.717) is 0 Å². The van der Waals surface area contributed by atoms with Crippen LogP contribution in [0.5, 0.6) is 0 Å². The smallest absolute Gasteiger partial charge is 0.397 e. The SMILES string of the molecule is CCOC(=O)C(=O)Nc1c[n+](C)no1. The molecule has 1 amide bonds. The molecule has 0 radical (unpaired) electrons. The molecular weight excluding hydrogens is 190 g/mol. The molecule has 0 spiro atoms. The first-order chi connectivity index (χ1) is 6.63. The Balaban J connectivity index is 2.53. The lowest BCUT2D eigenvalue weighted by Gasteiger charge is -1.98. The standard InChI is InChI=1S/C7H9N3O4/c1-3-13-7(12)6(11)8-5-4-10(2)9-14-5/h4H,3H2,1-2H3/p+1. The fraction of sp³-hybridized carbons (Fsp3) is 0.429. The highest BCUT2D eigenvalue weighted by Gasteiger charge is 2.18. The molecule has 0 fully saturated rings. The van der Waals surface area contributed by atoms with Crippen molar-refractivity contribution in [2.75, 3.05) is 11.9 Å². The van der Waals surface area contributed by atoms with E-state index in [2.05, 4.69) is 19.8 Å². The van der Waals surface area contributed by atoms with Gasteiger partial charge in [0, 0.05) is 0 Å². The van der Waals surface area contributed by atoms with Gasteiger partial charge in [-0.05, 0) is 6.92 Å². The first-order valence-corrected chi connectivity index (χ1v) is 3.94. The third-order valence-corrected chi connectivity index (χ3v) is 1.27. The van der Waals surface area contributed by atoms with Crippen molar-refractivity contribution in [3.63, 3.8) is 0 Å². The predicted octanol–water partition coefficient (Wildman–Crippen LogP) is -0.999. The lowest BCUT2D eigenvalue weighted by molar-refractivity contribution is -0.739. The van der Waals surface area contributed by atoms with Gasteiger partial charge < -0.3 is 4.74 Å². The summed E-state index contributed by atoms with van der Waals surface area (Å²) in [5, 5.41) is 5.63. The maximum atomic E-state index is 11.0. The minimum atomic E-state index is -0.952. The molecule has 14 heavy (non-hydrogen) atoms. The van der Waals surface area contributed by atoms with Crippen LogP contribution in [0.2, 0.25) is 0 Å². The highest BCUT2D eigenvalue weighted by Crippen LogP contribution is 1.99. The van der Waals surface area contributed by atoms with Crippen LogP contribution >= 0.6 is 0 Å². The number of hydrogen-bond acceptors (Lipinski definition) is 5. The highest BCUT2D eigenvalue weighted by molar-refractivity contribution is 6.37. The van der Waals surface area contributed by atoms with Gasteiger partial charge in [0.15, 0.2) is 12.3 Å². The maximum absolute atomic E-state index is 11.0. The van der Waals surface area contributed by atoms with Crippen molar-refractivity contribution < 1.29 is 23.5 Å². The molecule has 0 aromatic carbocycles. The number of amides is 1. The molecule has 7 nitrogen and oxygen atoms in total. The lowest BCUT2D eigenvalue weighted by Crippen LogP contribution is -2.28. The van der Waals surface area contributed by atoms with Crippen molar-refractivity contribution in [2.45, 2.75) is 6.92 Å². The van der Waals surface area contributed by atoms with Gasteiger partial charge in [-0.1, -0.05) is 4.68 Å². The average Bonchev–Trinajstić information content (AvgIpc) is 2.51. The van der Waals surface area contributed by atoms with Crippen molar-refractivity contribution in [1.29, 1.82) is 0 Å². The molecule has 0 aliphatic carbocycles. The summed E-state index contributed by atoms with van der Waals surface area (Å²) in [6.45, 7) is 1.76. The summed E-state index contributed by atoms with van der Waals surface area (Å²) in [5.41, 5.74) is 0. The second kappa shape index (κ2) is 4.35. The van der Waals surface area contributed by atoms with Gasteiger partial charge in [-0.2, -0.15) is 0 Å². The number of carbonyl (C=O) groups excluding carboxylic acids is 2. The number of hydrogen-bond donors (Lipinski definition) is 1. The van der Waals surface area contributed by atoms with Gasteiger partial charge in [-0.15, -0.1) is 0 Å². The van der Waals surface area contributed by atoms with E-state index in [9.17, 15) is 9.59 Å². The number of carbonyl (C=O) groups is 2. The fourth-order valence-electron chi connectivity index (χ4n) is 0.740. The van der Waals surface area contributed by atoms with E-state index < -0.39 is 11.9 Å². The van der Waals surface area contributed by atoms with Crippen LogP contribution in [0.3, 0.4) is 0 Å². The molecule has 0 atom stereocenters. The van der Waals surface area contributed by atoms with E-state index in [1.54, 1.807) is 14.0 Å². The molecule has 7 heteroatoms. The van der Waals surface area contributed by atoms with Crippen molar-refractivity contribution in [2.24, 2.45) is 7.05 Å². The van der Waals surface area contributed by atoms with Crippen molar-refractivity contribution >= 4 is 17.8 Å². The number of esters is 1. The van der Waals surface area contributed by atoms with Crippen molar-refractivity contribution in [1.82, 2.24) is 5.27 Å². The number of nitrogens with one attached hydrogen (secondary N) is 1. The van der Waals surface area contributed by atoms with Crippen molar-refractivity contribution in [3.05, 3.63) is 6.20 Å². The van der Waals surface area contributed by atoms with E-state index in [-0.39, 0.29) is 12.5 Å². The minimum absolute atomic E-state index is 0.0885. The summed E-state index contributed by atoms with van der Waals surface area (Å²) in [4.78, 5) is 21.9. The monoisotopic (exact) mass is 200 g/mol. The third kappa shape index (κ3) is 2.54. The van der Waals surface area contributed by atoms with Crippen LogP contribution in [-0.4, -0.2) is 23.8 Å². The van der Waals surface area contributed by atoms with E-state index in [0.717, 1.165) is 0 Å². The first-order valence-electron chi connectivity index (χ1n) is 3.94. The summed E-state index contributed by atoms with van der Waals surface area (Å²) in [5.74, 6) is -1.75. The molecule has 0 saturated carbocycles. The number of rotatable bonds is 2. The van der Waals surface area contributed by atoms with Gasteiger partial charge in [0.1, 0.15) is 0 Å². The van der Waals surface area contributed by atoms with Gasteiger partial charge in [-0.3, -0.25) is 14.6 Å². The second-order valence-electron chi connectivity index (χ2n) is 2.41. The summed E-state index contributed by atoms with van der Waals surface area (Å²) in [6, 6.07) is 0. The molecular formula is C7H10N3O4+. The molecule has 0 aliphatic rings. The summed E-state index contributed by atoms with van der Waals surface area (Å²) in [7, 11) is 1.61. The second-order valence-corrected chi connectivity index (χ2v) is 2.41. The summed E-state index contributed by atoms with van der Waals surface area (Å²) < 4.78 is 10.4. The molecule has 76 valence electrons. The van der Waals surface area contributed by atoms with Gasteiger partial charge in [0.2, 0.25) is 0 Å². The van der Waals surface area contributed by atoms with E-state index >= 15 is 0 Å². The average molecular weight is 200 g/mol. The fourth-order valence-corrected chi connectivity index (χ4v) is 0.740. The zero-order valence-corrected chi connectivity index (χ0v) is 7.81. The zero-order chi connectivity index (χ0) is 10.6. The third-order valence-electron chi connectivity index (χ3n) is 1.27. The Morgan fingerprint density at radius 2 is 2.43 bits per heavy atom. The van der Waals surface area contributed by atoms with Crippen LogP contribution in [0.1, 0.15) is 6.92 Å².